The Hall–Kier alpha value is -3.33. The van der Waals surface area contributed by atoms with Crippen LogP contribution in [0.2, 0.25) is 0 Å². The Labute approximate surface area is 173 Å². The van der Waals surface area contributed by atoms with Gasteiger partial charge in [-0.15, -0.1) is 0 Å². The van der Waals surface area contributed by atoms with Crippen molar-refractivity contribution in [1.29, 1.82) is 0 Å². The lowest BCUT2D eigenvalue weighted by atomic mass is 9.98. The van der Waals surface area contributed by atoms with Crippen molar-refractivity contribution in [2.75, 3.05) is 5.32 Å². The molecule has 0 saturated heterocycles. The van der Waals surface area contributed by atoms with Gasteiger partial charge in [0.05, 0.1) is 5.69 Å². The number of benzene rings is 3. The lowest BCUT2D eigenvalue weighted by molar-refractivity contribution is 0.771. The van der Waals surface area contributed by atoms with Gasteiger partial charge < -0.3 is 5.32 Å². The summed E-state index contributed by atoms with van der Waals surface area (Å²) in [6, 6.07) is 26.0. The van der Waals surface area contributed by atoms with Crippen LogP contribution in [0.3, 0.4) is 0 Å². The van der Waals surface area contributed by atoms with Crippen molar-refractivity contribution in [1.82, 2.24) is 9.78 Å². The summed E-state index contributed by atoms with van der Waals surface area (Å²) in [6.45, 7) is 7.16. The third kappa shape index (κ3) is 4.24. The van der Waals surface area contributed by atoms with Crippen LogP contribution in [-0.4, -0.2) is 9.78 Å². The van der Waals surface area contributed by atoms with Crippen molar-refractivity contribution in [3.8, 4) is 22.4 Å². The number of nitrogens with one attached hydrogen (secondary N) is 1. The van der Waals surface area contributed by atoms with E-state index in [1.54, 1.807) is 0 Å². The van der Waals surface area contributed by atoms with Crippen molar-refractivity contribution in [2.24, 2.45) is 7.05 Å². The van der Waals surface area contributed by atoms with Gasteiger partial charge in [0, 0.05) is 25.2 Å². The number of hydrogen-bond acceptors (Lipinski definition) is 2. The molecule has 0 unspecified atom stereocenters. The normalized spacial score (nSPS) is 10.9. The fourth-order valence-electron chi connectivity index (χ4n) is 3.54. The van der Waals surface area contributed by atoms with Crippen LogP contribution < -0.4 is 5.32 Å². The minimum atomic E-state index is 0.782. The van der Waals surface area contributed by atoms with E-state index in [9.17, 15) is 0 Å². The van der Waals surface area contributed by atoms with Gasteiger partial charge in [-0.25, -0.2) is 0 Å². The third-order valence-electron chi connectivity index (χ3n) is 5.36. The van der Waals surface area contributed by atoms with Crippen molar-refractivity contribution in [2.45, 2.75) is 27.3 Å². The molecule has 29 heavy (non-hydrogen) atoms. The van der Waals surface area contributed by atoms with Crippen LogP contribution in [0, 0.1) is 20.8 Å². The van der Waals surface area contributed by atoms with Gasteiger partial charge in [0.15, 0.2) is 0 Å². The highest BCUT2D eigenvalue weighted by Gasteiger charge is 2.10. The quantitative estimate of drug-likeness (QED) is 0.440. The first-order chi connectivity index (χ1) is 14.0. The third-order valence-corrected chi connectivity index (χ3v) is 5.36. The number of rotatable bonds is 5. The molecule has 0 aliphatic heterocycles. The molecule has 4 rings (SSSR count). The van der Waals surface area contributed by atoms with Crippen molar-refractivity contribution in [3.63, 3.8) is 0 Å². The van der Waals surface area contributed by atoms with E-state index in [1.807, 2.05) is 11.7 Å². The van der Waals surface area contributed by atoms with E-state index >= 15 is 0 Å². The van der Waals surface area contributed by atoms with Gasteiger partial charge in [0.1, 0.15) is 5.82 Å². The van der Waals surface area contributed by atoms with Gasteiger partial charge >= 0.3 is 0 Å². The summed E-state index contributed by atoms with van der Waals surface area (Å²) in [7, 11) is 1.98. The van der Waals surface area contributed by atoms with E-state index in [0.717, 1.165) is 18.1 Å². The summed E-state index contributed by atoms with van der Waals surface area (Å²) in [5.41, 5.74) is 9.68. The smallest absolute Gasteiger partial charge is 0.124 e. The van der Waals surface area contributed by atoms with E-state index in [1.165, 1.54) is 38.9 Å². The van der Waals surface area contributed by atoms with Crippen LogP contribution >= 0.6 is 0 Å². The molecule has 0 saturated carbocycles. The Morgan fingerprint density at radius 2 is 1.38 bits per heavy atom. The largest absolute Gasteiger partial charge is 0.366 e. The molecule has 146 valence electrons. The van der Waals surface area contributed by atoms with Crippen molar-refractivity contribution >= 4 is 5.82 Å². The van der Waals surface area contributed by atoms with Crippen LogP contribution in [0.1, 0.15) is 22.3 Å². The molecule has 3 heteroatoms. The SMILES string of the molecule is Cc1ccc(CNc2cc(-c3ccc(-c4ccc(C)cc4)cc3C)nn2C)cc1. The molecule has 0 fully saturated rings. The van der Waals surface area contributed by atoms with Gasteiger partial charge in [-0.05, 0) is 43.0 Å². The molecule has 0 radical (unpaired) electrons. The molecular weight excluding hydrogens is 354 g/mol. The Kier molecular flexibility index (Phi) is 5.22. The van der Waals surface area contributed by atoms with E-state index in [-0.39, 0.29) is 0 Å². The fourth-order valence-corrected chi connectivity index (χ4v) is 3.54. The fraction of sp³-hybridized carbons (Fsp3) is 0.192. The highest BCUT2D eigenvalue weighted by atomic mass is 15.3. The van der Waals surface area contributed by atoms with Crippen molar-refractivity contribution < 1.29 is 0 Å². The molecule has 1 heterocycles. The second-order valence-electron chi connectivity index (χ2n) is 7.77. The lowest BCUT2D eigenvalue weighted by Crippen LogP contribution is -2.04. The van der Waals surface area contributed by atoms with Gasteiger partial charge in [0.2, 0.25) is 0 Å². The maximum atomic E-state index is 4.74. The number of nitrogens with zero attached hydrogens (tertiary/aromatic N) is 2. The molecule has 0 spiro atoms. The summed E-state index contributed by atoms with van der Waals surface area (Å²) in [6.07, 6.45) is 0. The zero-order valence-electron chi connectivity index (χ0n) is 17.5. The predicted molar refractivity (Wildman–Crippen MR) is 122 cm³/mol. The molecule has 0 atom stereocenters. The second-order valence-corrected chi connectivity index (χ2v) is 7.77. The van der Waals surface area contributed by atoms with Crippen LogP contribution in [0.4, 0.5) is 5.82 Å². The molecule has 4 aromatic rings. The molecule has 3 aromatic carbocycles. The Balaban J connectivity index is 1.54. The van der Waals surface area contributed by atoms with Gasteiger partial charge in [-0.2, -0.15) is 5.10 Å². The highest BCUT2D eigenvalue weighted by molar-refractivity contribution is 5.73. The molecule has 1 N–H and O–H groups in total. The first-order valence-corrected chi connectivity index (χ1v) is 10.0. The first-order valence-electron chi connectivity index (χ1n) is 10.0. The molecule has 1 aromatic heterocycles. The summed E-state index contributed by atoms with van der Waals surface area (Å²) in [5, 5.41) is 8.24. The molecule has 0 aliphatic rings. The minimum Gasteiger partial charge on any atom is -0.366 e. The molecular formula is C26H27N3. The monoisotopic (exact) mass is 381 g/mol. The maximum absolute atomic E-state index is 4.74. The highest BCUT2D eigenvalue weighted by Crippen LogP contribution is 2.29. The van der Waals surface area contributed by atoms with Gasteiger partial charge in [0.25, 0.3) is 0 Å². The summed E-state index contributed by atoms with van der Waals surface area (Å²) in [5.74, 6) is 1.02. The zero-order chi connectivity index (χ0) is 20.4. The molecule has 3 nitrogen and oxygen atoms in total. The number of aryl methyl sites for hydroxylation is 4. The van der Waals surface area contributed by atoms with Gasteiger partial charge in [-0.3, -0.25) is 4.68 Å². The Morgan fingerprint density at radius 3 is 2.03 bits per heavy atom. The maximum Gasteiger partial charge on any atom is 0.124 e. The molecule has 0 bridgehead atoms. The van der Waals surface area contributed by atoms with Crippen LogP contribution in [0.25, 0.3) is 22.4 Å². The first kappa shape index (κ1) is 19.0. The van der Waals surface area contributed by atoms with E-state index in [2.05, 4.69) is 98.9 Å². The molecule has 0 aliphatic carbocycles. The average Bonchev–Trinajstić information content (AvgIpc) is 3.08. The number of hydrogen-bond donors (Lipinski definition) is 1. The summed E-state index contributed by atoms with van der Waals surface area (Å²) in [4.78, 5) is 0. The zero-order valence-corrected chi connectivity index (χ0v) is 17.5. The van der Waals surface area contributed by atoms with Crippen LogP contribution in [0.5, 0.6) is 0 Å². The van der Waals surface area contributed by atoms with Crippen molar-refractivity contribution in [3.05, 3.63) is 95.1 Å². The topological polar surface area (TPSA) is 29.9 Å². The van der Waals surface area contributed by atoms with E-state index < -0.39 is 0 Å². The number of anilines is 1. The van der Waals surface area contributed by atoms with E-state index in [4.69, 9.17) is 5.10 Å². The summed E-state index contributed by atoms with van der Waals surface area (Å²) >= 11 is 0. The van der Waals surface area contributed by atoms with Crippen LogP contribution in [0.15, 0.2) is 72.8 Å². The standard InChI is InChI=1S/C26H27N3/c1-18-5-9-21(10-6-18)17-27-26-16-25(28-29(26)4)24-14-13-23(15-20(24)3)22-11-7-19(2)8-12-22/h5-16,27H,17H2,1-4H3. The van der Waals surface area contributed by atoms with Crippen LogP contribution in [-0.2, 0) is 13.6 Å². The van der Waals surface area contributed by atoms with E-state index in [0.29, 0.717) is 0 Å². The second kappa shape index (κ2) is 7.96. The Morgan fingerprint density at radius 1 is 0.759 bits per heavy atom. The molecule has 0 amide bonds. The lowest BCUT2D eigenvalue weighted by Gasteiger charge is -2.07. The van der Waals surface area contributed by atoms with Gasteiger partial charge in [-0.1, -0.05) is 77.9 Å². The predicted octanol–water partition coefficient (Wildman–Crippen LogP) is 6.29. The summed E-state index contributed by atoms with van der Waals surface area (Å²) < 4.78 is 1.91. The Bertz CT molecular complexity index is 1120. The number of aromatic nitrogens is 2. The minimum absolute atomic E-state index is 0.782. The average molecular weight is 382 g/mol.